The first-order valence-corrected chi connectivity index (χ1v) is 11.9. The highest BCUT2D eigenvalue weighted by atomic mass is 19.4. The number of aliphatic carboxylic acids is 2. The van der Waals surface area contributed by atoms with Crippen molar-refractivity contribution >= 4 is 17.8 Å². The molecule has 1 aromatic rings. The molecule has 1 atom stereocenters. The highest BCUT2D eigenvalue weighted by Crippen LogP contribution is 2.32. The molecule has 4 heterocycles. The zero-order valence-corrected chi connectivity index (χ0v) is 20.7. The lowest BCUT2D eigenvalue weighted by Gasteiger charge is -2.48. The molecule has 16 heteroatoms. The molecular weight excluding hydrogens is 544 g/mol. The minimum atomic E-state index is -5.08. The van der Waals surface area contributed by atoms with Crippen LogP contribution in [0.25, 0.3) is 0 Å². The predicted molar refractivity (Wildman–Crippen MR) is 121 cm³/mol. The topological polar surface area (TPSA) is 130 Å². The molecule has 1 spiro atoms. The molecule has 3 saturated heterocycles. The number of aromatic nitrogens is 1. The maximum atomic E-state index is 12.7. The number of alkyl halides is 6. The molecule has 39 heavy (non-hydrogen) atoms. The third-order valence-corrected chi connectivity index (χ3v) is 6.30. The standard InChI is InChI=1S/C19H27N3O3.2C2HF3O2/c23-18(12-16-2-1-6-20-13-16)22-9-11-25-19(15-22)4-7-21(8-5-19)17-3-10-24-14-17;2*3-2(4,5)1(6)7/h1-2,6,13,17H,3-5,7-12,14-15H2;2*(H,6,7). The normalized spacial score (nSPS) is 21.3. The third kappa shape index (κ3) is 10.6. The van der Waals surface area contributed by atoms with Crippen molar-refractivity contribution in [3.05, 3.63) is 30.1 Å². The van der Waals surface area contributed by atoms with Crippen LogP contribution in [0.15, 0.2) is 24.5 Å². The van der Waals surface area contributed by atoms with Crippen LogP contribution in [-0.2, 0) is 30.3 Å². The highest BCUT2D eigenvalue weighted by molar-refractivity contribution is 5.79. The average Bonchev–Trinajstić information content (AvgIpc) is 3.40. The number of nitrogens with zero attached hydrogens (tertiary/aromatic N) is 3. The van der Waals surface area contributed by atoms with E-state index in [0.29, 0.717) is 25.6 Å². The number of likely N-dealkylation sites (tertiary alicyclic amines) is 1. The van der Waals surface area contributed by atoms with Crippen molar-refractivity contribution in [2.75, 3.05) is 46.0 Å². The lowest BCUT2D eigenvalue weighted by molar-refractivity contribution is -0.193. The fraction of sp³-hybridized carbons (Fsp3) is 0.652. The summed E-state index contributed by atoms with van der Waals surface area (Å²) in [5, 5.41) is 14.2. The van der Waals surface area contributed by atoms with Crippen molar-refractivity contribution in [1.29, 1.82) is 0 Å². The summed E-state index contributed by atoms with van der Waals surface area (Å²) < 4.78 is 75.2. The summed E-state index contributed by atoms with van der Waals surface area (Å²) in [7, 11) is 0. The Labute approximate surface area is 219 Å². The van der Waals surface area contributed by atoms with E-state index < -0.39 is 24.3 Å². The summed E-state index contributed by atoms with van der Waals surface area (Å²) >= 11 is 0. The SMILES string of the molecule is O=C(Cc1cccnc1)N1CCOC2(CCN(C3CCOC3)CC2)C1.O=C(O)C(F)(F)F.O=C(O)C(F)(F)F. The molecule has 0 bridgehead atoms. The number of pyridine rings is 1. The fourth-order valence-electron chi connectivity index (χ4n) is 4.26. The van der Waals surface area contributed by atoms with Gasteiger partial charge in [0.05, 0.1) is 25.2 Å². The summed E-state index contributed by atoms with van der Waals surface area (Å²) in [6.45, 7) is 5.90. The number of halogens is 6. The van der Waals surface area contributed by atoms with Gasteiger partial charge in [0.25, 0.3) is 0 Å². The molecular formula is C23H29F6N3O7. The van der Waals surface area contributed by atoms with E-state index in [2.05, 4.69) is 9.88 Å². The van der Waals surface area contributed by atoms with Gasteiger partial charge in [0.15, 0.2) is 0 Å². The second kappa shape index (κ2) is 13.9. The number of carbonyl (C=O) groups is 3. The molecule has 3 aliphatic heterocycles. The maximum absolute atomic E-state index is 12.7. The Morgan fingerprint density at radius 3 is 2.05 bits per heavy atom. The molecule has 3 aliphatic rings. The minimum Gasteiger partial charge on any atom is -0.475 e. The molecule has 0 radical (unpaired) electrons. The van der Waals surface area contributed by atoms with Crippen LogP contribution in [0, 0.1) is 0 Å². The Hall–Kier alpha value is -2.98. The van der Waals surface area contributed by atoms with E-state index in [0.717, 1.165) is 57.7 Å². The van der Waals surface area contributed by atoms with Gasteiger partial charge in [-0.2, -0.15) is 26.3 Å². The van der Waals surface area contributed by atoms with Crippen LogP contribution in [0.2, 0.25) is 0 Å². The minimum absolute atomic E-state index is 0.154. The first-order valence-electron chi connectivity index (χ1n) is 11.9. The molecule has 1 aromatic heterocycles. The van der Waals surface area contributed by atoms with Gasteiger partial charge in [-0.1, -0.05) is 6.07 Å². The zero-order chi connectivity index (χ0) is 29.3. The third-order valence-electron chi connectivity index (χ3n) is 6.30. The van der Waals surface area contributed by atoms with E-state index in [-0.39, 0.29) is 11.5 Å². The zero-order valence-electron chi connectivity index (χ0n) is 20.7. The number of ether oxygens (including phenoxy) is 2. The molecule has 0 aliphatic carbocycles. The molecule has 0 saturated carbocycles. The Morgan fingerprint density at radius 2 is 1.59 bits per heavy atom. The van der Waals surface area contributed by atoms with Gasteiger partial charge in [-0.25, -0.2) is 9.59 Å². The lowest BCUT2D eigenvalue weighted by atomic mass is 9.88. The van der Waals surface area contributed by atoms with Gasteiger partial charge in [0.2, 0.25) is 5.91 Å². The number of hydrogen-bond donors (Lipinski definition) is 2. The van der Waals surface area contributed by atoms with E-state index in [9.17, 15) is 31.1 Å². The van der Waals surface area contributed by atoms with Crippen molar-refractivity contribution < 1.29 is 60.4 Å². The average molecular weight is 573 g/mol. The number of amides is 1. The number of carboxylic acids is 2. The van der Waals surface area contributed by atoms with Gasteiger partial charge in [-0.15, -0.1) is 0 Å². The largest absolute Gasteiger partial charge is 0.490 e. The summed E-state index contributed by atoms with van der Waals surface area (Å²) in [5.41, 5.74) is 0.822. The number of carboxylic acid groups (broad SMARTS) is 2. The first kappa shape index (κ1) is 32.2. The quantitative estimate of drug-likeness (QED) is 0.524. The maximum Gasteiger partial charge on any atom is 0.490 e. The van der Waals surface area contributed by atoms with Gasteiger partial charge in [0, 0.05) is 51.2 Å². The van der Waals surface area contributed by atoms with Gasteiger partial charge in [-0.3, -0.25) is 14.7 Å². The Kier molecular flexibility index (Phi) is 11.5. The Morgan fingerprint density at radius 1 is 1.00 bits per heavy atom. The van der Waals surface area contributed by atoms with Crippen LogP contribution in [0.4, 0.5) is 26.3 Å². The van der Waals surface area contributed by atoms with Crippen LogP contribution >= 0.6 is 0 Å². The molecule has 1 amide bonds. The predicted octanol–water partition coefficient (Wildman–Crippen LogP) is 2.37. The molecule has 3 fully saturated rings. The molecule has 1 unspecified atom stereocenters. The van der Waals surface area contributed by atoms with Crippen LogP contribution in [0.5, 0.6) is 0 Å². The molecule has 0 aromatic carbocycles. The van der Waals surface area contributed by atoms with Crippen molar-refractivity contribution in [3.63, 3.8) is 0 Å². The van der Waals surface area contributed by atoms with Crippen molar-refractivity contribution in [2.24, 2.45) is 0 Å². The molecule has 4 rings (SSSR count). The number of hydrogen-bond acceptors (Lipinski definition) is 7. The molecule has 220 valence electrons. The van der Waals surface area contributed by atoms with E-state index in [1.54, 1.807) is 12.4 Å². The fourth-order valence-corrected chi connectivity index (χ4v) is 4.26. The van der Waals surface area contributed by atoms with Gasteiger partial charge >= 0.3 is 24.3 Å². The van der Waals surface area contributed by atoms with Crippen LogP contribution < -0.4 is 0 Å². The van der Waals surface area contributed by atoms with E-state index in [1.807, 2.05) is 17.0 Å². The lowest BCUT2D eigenvalue weighted by Crippen LogP contribution is -2.59. The first-order chi connectivity index (χ1) is 18.1. The van der Waals surface area contributed by atoms with Crippen LogP contribution in [0.1, 0.15) is 24.8 Å². The monoisotopic (exact) mass is 573 g/mol. The number of piperidine rings is 1. The summed E-state index contributed by atoms with van der Waals surface area (Å²) in [5.74, 6) is -5.33. The number of carbonyl (C=O) groups excluding carboxylic acids is 1. The Bertz CT molecular complexity index is 924. The van der Waals surface area contributed by atoms with Crippen molar-refractivity contribution in [3.8, 4) is 0 Å². The smallest absolute Gasteiger partial charge is 0.475 e. The Balaban J connectivity index is 0.000000317. The van der Waals surface area contributed by atoms with Crippen LogP contribution in [0.3, 0.4) is 0 Å². The second-order valence-corrected chi connectivity index (χ2v) is 9.04. The van der Waals surface area contributed by atoms with Gasteiger partial charge in [-0.05, 0) is 30.9 Å². The van der Waals surface area contributed by atoms with E-state index >= 15 is 0 Å². The second-order valence-electron chi connectivity index (χ2n) is 9.04. The van der Waals surface area contributed by atoms with Crippen molar-refractivity contribution in [2.45, 2.75) is 49.7 Å². The molecule has 10 nitrogen and oxygen atoms in total. The van der Waals surface area contributed by atoms with Gasteiger partial charge in [0.1, 0.15) is 0 Å². The van der Waals surface area contributed by atoms with E-state index in [1.165, 1.54) is 0 Å². The van der Waals surface area contributed by atoms with Crippen molar-refractivity contribution in [1.82, 2.24) is 14.8 Å². The number of morpholine rings is 1. The highest BCUT2D eigenvalue weighted by Gasteiger charge is 2.42. The molecule has 2 N–H and O–H groups in total. The van der Waals surface area contributed by atoms with Crippen LogP contribution in [-0.4, -0.2) is 113 Å². The summed E-state index contributed by atoms with van der Waals surface area (Å²) in [6, 6.07) is 4.42. The number of rotatable bonds is 3. The van der Waals surface area contributed by atoms with E-state index in [4.69, 9.17) is 29.3 Å². The van der Waals surface area contributed by atoms with Gasteiger partial charge < -0.3 is 24.6 Å². The summed E-state index contributed by atoms with van der Waals surface area (Å²) in [4.78, 5) is 39.1. The summed E-state index contributed by atoms with van der Waals surface area (Å²) in [6.07, 6.45) is -3.09.